The molecule has 0 aliphatic carbocycles. The Balaban J connectivity index is 0.00000121. The maximum atomic E-state index is 10.3. The minimum atomic E-state index is -1.34. The zero-order valence-corrected chi connectivity index (χ0v) is 12.9. The molecule has 12 heavy (non-hydrogen) atoms. The molecule has 0 unspecified atom stereocenters. The third kappa shape index (κ3) is 3.00. The van der Waals surface area contributed by atoms with E-state index in [1.807, 2.05) is 0 Å². The number of nitrogen functional groups attached to an aromatic ring is 1. The van der Waals surface area contributed by atoms with E-state index in [2.05, 4.69) is 0 Å². The van der Waals surface area contributed by atoms with Crippen molar-refractivity contribution in [3.8, 4) is 5.75 Å². The van der Waals surface area contributed by atoms with Gasteiger partial charge in [-0.05, 0) is 12.1 Å². The molecule has 0 fully saturated rings. The average molecular weight is 285 g/mol. The maximum absolute atomic E-state index is 10.3. The second-order valence-corrected chi connectivity index (χ2v) is 2.06. The van der Waals surface area contributed by atoms with Crippen molar-refractivity contribution in [3.05, 3.63) is 23.8 Å². The first kappa shape index (κ1) is 12.3. The van der Waals surface area contributed by atoms with Gasteiger partial charge in [-0.3, -0.25) is 0 Å². The quantitative estimate of drug-likeness (QED) is 0.521. The molecule has 0 bridgehead atoms. The van der Waals surface area contributed by atoms with Crippen LogP contribution >= 0.6 is 0 Å². The average Bonchev–Trinajstić information content (AvgIpc) is 1.85. The molecular weight excluding hydrogens is 279 g/mol. The van der Waals surface area contributed by atoms with Gasteiger partial charge in [0.25, 0.3) is 0 Å². The van der Waals surface area contributed by atoms with Gasteiger partial charge in [0.15, 0.2) is 0 Å². The fourth-order valence-electron chi connectivity index (χ4n) is 0.736. The Bertz CT molecular complexity index is 301. The number of carbonyl (C=O) groups excluding carboxylic acids is 1. The van der Waals surface area contributed by atoms with Crippen molar-refractivity contribution >= 4 is 11.7 Å². The molecule has 58 valence electrons. The first-order chi connectivity index (χ1) is 5.11. The van der Waals surface area contributed by atoms with E-state index in [0.29, 0.717) is 0 Å². The van der Waals surface area contributed by atoms with Crippen molar-refractivity contribution in [2.45, 2.75) is 0 Å². The van der Waals surface area contributed by atoms with Crippen molar-refractivity contribution in [2.24, 2.45) is 0 Å². The molecule has 0 radical (unpaired) electrons. The molecule has 5 heteroatoms. The number of phenolic OH excluding ortho intramolecular Hbond substituents is 1. The second-order valence-electron chi connectivity index (χ2n) is 2.06. The summed E-state index contributed by atoms with van der Waals surface area (Å²) in [6.45, 7) is 0. The number of rotatable bonds is 1. The molecule has 1 aromatic rings. The summed E-state index contributed by atoms with van der Waals surface area (Å²) in [5, 5.41) is 19.1. The topological polar surface area (TPSA) is 86.4 Å². The van der Waals surface area contributed by atoms with Crippen LogP contribution in [0.3, 0.4) is 0 Å². The van der Waals surface area contributed by atoms with Gasteiger partial charge in [0, 0.05) is 17.3 Å². The van der Waals surface area contributed by atoms with Crippen LogP contribution in [-0.2, 0) is 0 Å². The van der Waals surface area contributed by atoms with E-state index in [-0.39, 0.29) is 85.9 Å². The Kier molecular flexibility index (Phi) is 5.30. The van der Waals surface area contributed by atoms with Crippen molar-refractivity contribution in [1.29, 1.82) is 0 Å². The van der Waals surface area contributed by atoms with Crippen molar-refractivity contribution in [2.75, 3.05) is 5.73 Å². The zero-order valence-electron chi connectivity index (χ0n) is 6.57. The number of aromatic carboxylic acids is 1. The van der Waals surface area contributed by atoms with Gasteiger partial charge >= 0.3 is 68.9 Å². The van der Waals surface area contributed by atoms with Crippen LogP contribution in [0.1, 0.15) is 10.4 Å². The van der Waals surface area contributed by atoms with E-state index < -0.39 is 5.97 Å². The summed E-state index contributed by atoms with van der Waals surface area (Å²) >= 11 is 0. The van der Waals surface area contributed by atoms with Crippen LogP contribution in [0.5, 0.6) is 5.75 Å². The van der Waals surface area contributed by atoms with Gasteiger partial charge in [-0.15, -0.1) is 0 Å². The predicted molar refractivity (Wildman–Crippen MR) is 36.8 cm³/mol. The minimum Gasteiger partial charge on any atom is -0.545 e. The Hall–Kier alpha value is 0.342. The number of carboxylic acid groups (broad SMARTS) is 1. The van der Waals surface area contributed by atoms with Crippen molar-refractivity contribution in [3.63, 3.8) is 0 Å². The number of hydrogen-bond acceptors (Lipinski definition) is 4. The Morgan fingerprint density at radius 3 is 2.50 bits per heavy atom. The number of aromatic hydroxyl groups is 1. The van der Waals surface area contributed by atoms with Crippen LogP contribution in [0.4, 0.5) is 5.69 Å². The number of hydrogen-bond donors (Lipinski definition) is 2. The molecule has 0 heterocycles. The van der Waals surface area contributed by atoms with Gasteiger partial charge in [-0.2, -0.15) is 0 Å². The third-order valence-corrected chi connectivity index (χ3v) is 1.26. The predicted octanol–water partition coefficient (Wildman–Crippen LogP) is -3.66. The van der Waals surface area contributed by atoms with E-state index in [9.17, 15) is 9.90 Å². The molecular formula is C7H6CsNO3. The zero-order chi connectivity index (χ0) is 8.43. The van der Waals surface area contributed by atoms with Crippen LogP contribution in [0, 0.1) is 0 Å². The summed E-state index contributed by atoms with van der Waals surface area (Å²) in [5.74, 6) is -1.41. The van der Waals surface area contributed by atoms with E-state index in [0.717, 1.165) is 6.07 Å². The maximum Gasteiger partial charge on any atom is 1.00 e. The molecule has 0 spiro atoms. The van der Waals surface area contributed by atoms with Crippen molar-refractivity contribution < 1.29 is 83.9 Å². The number of benzene rings is 1. The molecule has 0 aromatic heterocycles. The number of carbonyl (C=O) groups is 1. The summed E-state index contributed by atoms with van der Waals surface area (Å²) in [5.41, 5.74) is 5.14. The van der Waals surface area contributed by atoms with Gasteiger partial charge in [-0.1, -0.05) is 0 Å². The molecule has 1 rings (SSSR count). The summed E-state index contributed by atoms with van der Waals surface area (Å²) in [4.78, 5) is 10.3. The van der Waals surface area contributed by atoms with Gasteiger partial charge < -0.3 is 20.7 Å². The Labute approximate surface area is 128 Å². The van der Waals surface area contributed by atoms with Crippen LogP contribution in [0.2, 0.25) is 0 Å². The number of phenols is 1. The Morgan fingerprint density at radius 2 is 2.08 bits per heavy atom. The van der Waals surface area contributed by atoms with E-state index in [4.69, 9.17) is 10.8 Å². The van der Waals surface area contributed by atoms with Crippen LogP contribution < -0.4 is 79.7 Å². The van der Waals surface area contributed by atoms with Gasteiger partial charge in [0.05, 0.1) is 5.97 Å². The van der Waals surface area contributed by atoms with Crippen LogP contribution in [0.25, 0.3) is 0 Å². The summed E-state index contributed by atoms with van der Waals surface area (Å²) in [7, 11) is 0. The first-order valence-electron chi connectivity index (χ1n) is 2.91. The molecule has 0 atom stereocenters. The SMILES string of the molecule is Nc1cc(O)ccc1C(=O)[O-].[Cs+]. The fraction of sp³-hybridized carbons (Fsp3) is 0. The largest absolute Gasteiger partial charge is 1.00 e. The second kappa shape index (κ2) is 5.15. The number of anilines is 1. The van der Waals surface area contributed by atoms with E-state index in [1.165, 1.54) is 12.1 Å². The summed E-state index contributed by atoms with van der Waals surface area (Å²) < 4.78 is 0. The summed E-state index contributed by atoms with van der Waals surface area (Å²) in [6, 6.07) is 3.59. The minimum absolute atomic E-state index is 0. The fourth-order valence-corrected chi connectivity index (χ4v) is 0.736. The third-order valence-electron chi connectivity index (χ3n) is 1.26. The molecule has 0 aliphatic rings. The number of carboxylic acids is 1. The van der Waals surface area contributed by atoms with Gasteiger partial charge in [-0.25, -0.2) is 0 Å². The number of nitrogens with two attached hydrogens (primary N) is 1. The molecule has 4 nitrogen and oxygen atoms in total. The molecule has 1 aromatic carbocycles. The molecule has 0 saturated carbocycles. The Morgan fingerprint density at radius 1 is 1.50 bits per heavy atom. The smallest absolute Gasteiger partial charge is 0.545 e. The molecule has 0 aliphatic heterocycles. The first-order valence-corrected chi connectivity index (χ1v) is 2.91. The van der Waals surface area contributed by atoms with Gasteiger partial charge in [0.2, 0.25) is 0 Å². The van der Waals surface area contributed by atoms with E-state index in [1.54, 1.807) is 0 Å². The van der Waals surface area contributed by atoms with Gasteiger partial charge in [0.1, 0.15) is 5.75 Å². The standard InChI is InChI=1S/C7H7NO3.Cs/c8-6-3-4(9)1-2-5(6)7(10)11;/h1-3,9H,8H2,(H,10,11);/q;+1/p-1. The van der Waals surface area contributed by atoms with Crippen LogP contribution in [-0.4, -0.2) is 11.1 Å². The van der Waals surface area contributed by atoms with Crippen LogP contribution in [0.15, 0.2) is 18.2 Å². The van der Waals surface area contributed by atoms with Crippen molar-refractivity contribution in [1.82, 2.24) is 0 Å². The normalized spacial score (nSPS) is 8.67. The summed E-state index contributed by atoms with van der Waals surface area (Å²) in [6.07, 6.45) is 0. The molecule has 3 N–H and O–H groups in total. The monoisotopic (exact) mass is 285 g/mol. The molecule has 0 amide bonds. The van der Waals surface area contributed by atoms with E-state index >= 15 is 0 Å². The molecule has 0 saturated heterocycles.